The quantitative estimate of drug-likeness (QED) is 0.861. The highest BCUT2D eigenvalue weighted by atomic mass is 32.2. The van der Waals surface area contributed by atoms with Crippen LogP contribution in [-0.4, -0.2) is 49.6 Å². The number of aliphatic hydroxyl groups excluding tert-OH is 1. The maximum absolute atomic E-state index is 11.3. The first-order valence-electron chi connectivity index (χ1n) is 5.21. The third kappa shape index (κ3) is 2.63. The monoisotopic (exact) mass is 261 g/mol. The van der Waals surface area contributed by atoms with Crippen LogP contribution in [-0.2, 0) is 9.84 Å². The molecule has 0 radical (unpaired) electrons. The Balaban J connectivity index is 2.07. The van der Waals surface area contributed by atoms with Crippen molar-refractivity contribution in [2.24, 2.45) is 0 Å². The van der Waals surface area contributed by atoms with Crippen LogP contribution in [0.5, 0.6) is 0 Å². The number of thiophene rings is 1. The Morgan fingerprint density at radius 2 is 2.12 bits per heavy atom. The van der Waals surface area contributed by atoms with Crippen molar-refractivity contribution >= 4 is 21.2 Å². The van der Waals surface area contributed by atoms with Gasteiger partial charge in [0, 0.05) is 18.0 Å². The smallest absolute Gasteiger partial charge is 0.152 e. The van der Waals surface area contributed by atoms with Crippen molar-refractivity contribution in [3.05, 3.63) is 22.4 Å². The highest BCUT2D eigenvalue weighted by Crippen LogP contribution is 2.25. The molecule has 1 aromatic rings. The minimum absolute atomic E-state index is 0.0422. The minimum atomic E-state index is -2.85. The topological polar surface area (TPSA) is 57.6 Å². The number of aliphatic hydroxyl groups is 1. The average molecular weight is 261 g/mol. The molecule has 1 aromatic heterocycles. The van der Waals surface area contributed by atoms with Crippen molar-refractivity contribution in [2.75, 3.05) is 31.2 Å². The van der Waals surface area contributed by atoms with Crippen LogP contribution in [0.1, 0.15) is 10.9 Å². The molecular formula is C10H15NO3S2. The largest absolute Gasteiger partial charge is 0.394 e. The summed E-state index contributed by atoms with van der Waals surface area (Å²) in [5.74, 6) is 0.406. The molecule has 1 aliphatic heterocycles. The maximum Gasteiger partial charge on any atom is 0.152 e. The summed E-state index contributed by atoms with van der Waals surface area (Å²) in [5, 5.41) is 11.4. The van der Waals surface area contributed by atoms with E-state index in [0.29, 0.717) is 13.1 Å². The zero-order valence-corrected chi connectivity index (χ0v) is 10.5. The molecule has 1 saturated heterocycles. The van der Waals surface area contributed by atoms with Crippen LogP contribution < -0.4 is 0 Å². The molecule has 0 bridgehead atoms. The normalized spacial score (nSPS) is 23.1. The maximum atomic E-state index is 11.3. The van der Waals surface area contributed by atoms with Gasteiger partial charge in [-0.2, -0.15) is 0 Å². The number of hydrogen-bond donors (Lipinski definition) is 1. The third-order valence-corrected chi connectivity index (χ3v) is 5.45. The number of nitrogens with zero attached hydrogens (tertiary/aromatic N) is 1. The Bertz CT molecular complexity index is 413. The zero-order valence-electron chi connectivity index (χ0n) is 8.87. The van der Waals surface area contributed by atoms with E-state index < -0.39 is 9.84 Å². The fourth-order valence-electron chi connectivity index (χ4n) is 1.90. The summed E-state index contributed by atoms with van der Waals surface area (Å²) in [7, 11) is -2.85. The molecule has 2 rings (SSSR count). The molecule has 16 heavy (non-hydrogen) atoms. The lowest BCUT2D eigenvalue weighted by molar-refractivity contribution is 0.134. The fourth-order valence-corrected chi connectivity index (χ4v) is 3.99. The van der Waals surface area contributed by atoms with Crippen molar-refractivity contribution in [2.45, 2.75) is 6.04 Å². The second kappa shape index (κ2) is 4.83. The van der Waals surface area contributed by atoms with Crippen molar-refractivity contribution in [3.63, 3.8) is 0 Å². The SMILES string of the molecule is O=S1(=O)CCN(C(CO)c2cccs2)CC1. The van der Waals surface area contributed by atoms with E-state index in [2.05, 4.69) is 0 Å². The molecule has 0 amide bonds. The number of rotatable bonds is 3. The van der Waals surface area contributed by atoms with E-state index >= 15 is 0 Å². The summed E-state index contributed by atoms with van der Waals surface area (Å²) >= 11 is 1.60. The van der Waals surface area contributed by atoms with Gasteiger partial charge in [-0.25, -0.2) is 8.42 Å². The molecule has 6 heteroatoms. The minimum Gasteiger partial charge on any atom is -0.394 e. The van der Waals surface area contributed by atoms with Crippen LogP contribution in [0.3, 0.4) is 0 Å². The van der Waals surface area contributed by atoms with Gasteiger partial charge in [0.05, 0.1) is 24.2 Å². The Hall–Kier alpha value is -0.430. The second-order valence-electron chi connectivity index (χ2n) is 3.90. The molecule has 2 heterocycles. The number of hydrogen-bond acceptors (Lipinski definition) is 5. The van der Waals surface area contributed by atoms with Gasteiger partial charge in [0.2, 0.25) is 0 Å². The average Bonchev–Trinajstić information content (AvgIpc) is 2.75. The lowest BCUT2D eigenvalue weighted by Gasteiger charge is -2.32. The zero-order chi connectivity index (χ0) is 11.6. The van der Waals surface area contributed by atoms with Gasteiger partial charge < -0.3 is 5.11 Å². The van der Waals surface area contributed by atoms with Gasteiger partial charge in [0.1, 0.15) is 0 Å². The Kier molecular flexibility index (Phi) is 3.63. The van der Waals surface area contributed by atoms with Gasteiger partial charge in [0.25, 0.3) is 0 Å². The molecule has 1 atom stereocenters. The molecule has 90 valence electrons. The van der Waals surface area contributed by atoms with Crippen molar-refractivity contribution in [1.29, 1.82) is 0 Å². The van der Waals surface area contributed by atoms with Gasteiger partial charge in [-0.15, -0.1) is 11.3 Å². The molecule has 1 aliphatic rings. The van der Waals surface area contributed by atoms with Crippen LogP contribution in [0, 0.1) is 0 Å². The van der Waals surface area contributed by atoms with E-state index in [0.717, 1.165) is 4.88 Å². The molecule has 1 fully saturated rings. The van der Waals surface area contributed by atoms with Gasteiger partial charge in [-0.05, 0) is 11.4 Å². The van der Waals surface area contributed by atoms with E-state index in [9.17, 15) is 13.5 Å². The first-order valence-corrected chi connectivity index (χ1v) is 7.91. The standard InChI is InChI=1S/C10H15NO3S2/c12-8-9(10-2-1-5-15-10)11-3-6-16(13,14)7-4-11/h1-2,5,9,12H,3-4,6-8H2. The van der Waals surface area contributed by atoms with Crippen molar-refractivity contribution in [1.82, 2.24) is 4.90 Å². The molecule has 1 unspecified atom stereocenters. The lowest BCUT2D eigenvalue weighted by Crippen LogP contribution is -2.43. The van der Waals surface area contributed by atoms with Gasteiger partial charge >= 0.3 is 0 Å². The highest BCUT2D eigenvalue weighted by molar-refractivity contribution is 7.91. The highest BCUT2D eigenvalue weighted by Gasteiger charge is 2.27. The first-order chi connectivity index (χ1) is 7.62. The molecule has 4 nitrogen and oxygen atoms in total. The molecular weight excluding hydrogens is 246 g/mol. The summed E-state index contributed by atoms with van der Waals surface area (Å²) in [4.78, 5) is 3.15. The van der Waals surface area contributed by atoms with E-state index in [4.69, 9.17) is 0 Å². The van der Waals surface area contributed by atoms with Crippen LogP contribution in [0.2, 0.25) is 0 Å². The van der Waals surface area contributed by atoms with Crippen molar-refractivity contribution in [3.8, 4) is 0 Å². The van der Waals surface area contributed by atoms with Crippen LogP contribution in [0.15, 0.2) is 17.5 Å². The van der Waals surface area contributed by atoms with Crippen molar-refractivity contribution < 1.29 is 13.5 Å². The number of sulfone groups is 1. The van der Waals surface area contributed by atoms with E-state index in [1.54, 1.807) is 11.3 Å². The van der Waals surface area contributed by atoms with Crippen LogP contribution in [0.25, 0.3) is 0 Å². The summed E-state index contributed by atoms with van der Waals surface area (Å²) in [6, 6.07) is 3.88. The van der Waals surface area contributed by atoms with Crippen LogP contribution >= 0.6 is 11.3 Å². The fraction of sp³-hybridized carbons (Fsp3) is 0.600. The second-order valence-corrected chi connectivity index (χ2v) is 7.18. The first kappa shape index (κ1) is 12.0. The van der Waals surface area contributed by atoms with Gasteiger partial charge in [-0.1, -0.05) is 6.07 Å². The predicted molar refractivity (Wildman–Crippen MR) is 64.4 cm³/mol. The van der Waals surface area contributed by atoms with E-state index in [-0.39, 0.29) is 24.2 Å². The van der Waals surface area contributed by atoms with Gasteiger partial charge in [0.15, 0.2) is 9.84 Å². The summed E-state index contributed by atoms with van der Waals surface area (Å²) in [5.41, 5.74) is 0. The Labute approximate surface area is 99.4 Å². The summed E-state index contributed by atoms with van der Waals surface area (Å²) in [6.07, 6.45) is 0. The molecule has 0 aliphatic carbocycles. The summed E-state index contributed by atoms with van der Waals surface area (Å²) in [6.45, 7) is 1.08. The molecule has 1 N–H and O–H groups in total. The van der Waals surface area contributed by atoms with E-state index in [1.165, 1.54) is 0 Å². The molecule has 0 aromatic carbocycles. The van der Waals surface area contributed by atoms with Gasteiger partial charge in [-0.3, -0.25) is 4.90 Å². The van der Waals surface area contributed by atoms with Crippen LogP contribution in [0.4, 0.5) is 0 Å². The molecule has 0 spiro atoms. The van der Waals surface area contributed by atoms with E-state index in [1.807, 2.05) is 22.4 Å². The molecule has 0 saturated carbocycles. The predicted octanol–water partition coefficient (Wildman–Crippen LogP) is 0.512. The third-order valence-electron chi connectivity index (χ3n) is 2.86. The summed E-state index contributed by atoms with van der Waals surface area (Å²) < 4.78 is 22.6. The Morgan fingerprint density at radius 1 is 1.44 bits per heavy atom. The lowest BCUT2D eigenvalue weighted by atomic mass is 10.2. The Morgan fingerprint density at radius 3 is 2.62 bits per heavy atom.